The lowest BCUT2D eigenvalue weighted by Gasteiger charge is -2.20. The Kier molecular flexibility index (Phi) is 5.00. The van der Waals surface area contributed by atoms with Crippen molar-refractivity contribution in [3.63, 3.8) is 0 Å². The van der Waals surface area contributed by atoms with E-state index >= 15 is 0 Å². The highest BCUT2D eigenvalue weighted by molar-refractivity contribution is 6.13. The Labute approximate surface area is 259 Å². The molecular weight excluding hydrogens is 548 g/mol. The molecule has 0 unspecified atom stereocenters. The summed E-state index contributed by atoms with van der Waals surface area (Å²) in [5.41, 5.74) is 11.7. The Morgan fingerprint density at radius 3 is 1.73 bits per heavy atom. The van der Waals surface area contributed by atoms with Crippen molar-refractivity contribution in [2.24, 2.45) is 0 Å². The van der Waals surface area contributed by atoms with Crippen LogP contribution in [0.25, 0.3) is 77.2 Å². The van der Waals surface area contributed by atoms with Crippen molar-refractivity contribution in [2.45, 2.75) is 0 Å². The predicted molar refractivity (Wildman–Crippen MR) is 186 cm³/mol. The van der Waals surface area contributed by atoms with Gasteiger partial charge in [0, 0.05) is 27.2 Å². The number of aromatic nitrogens is 2. The molecule has 0 fully saturated rings. The molecule has 7 aromatic carbocycles. The molecule has 0 saturated carbocycles. The summed E-state index contributed by atoms with van der Waals surface area (Å²) in [5.74, 6) is 1.78. The second kappa shape index (κ2) is 9.22. The van der Waals surface area contributed by atoms with Gasteiger partial charge in [-0.3, -0.25) is 0 Å². The smallest absolute Gasteiger partial charge is 0.152 e. The fourth-order valence-electron chi connectivity index (χ4n) is 7.30. The summed E-state index contributed by atoms with van der Waals surface area (Å²) in [7, 11) is 0. The van der Waals surface area contributed by atoms with Gasteiger partial charge in [0.05, 0.1) is 27.8 Å². The van der Waals surface area contributed by atoms with Gasteiger partial charge in [-0.05, 0) is 76.9 Å². The van der Waals surface area contributed by atoms with Gasteiger partial charge in [0.25, 0.3) is 0 Å². The van der Waals surface area contributed by atoms with E-state index in [9.17, 15) is 0 Å². The molecule has 0 saturated heterocycles. The third-order valence-electron chi connectivity index (χ3n) is 9.29. The molecule has 1 aliphatic rings. The van der Waals surface area contributed by atoms with Crippen LogP contribution < -0.4 is 4.74 Å². The third kappa shape index (κ3) is 3.52. The van der Waals surface area contributed by atoms with Crippen LogP contribution in [-0.2, 0) is 0 Å². The molecule has 0 bridgehead atoms. The molecule has 0 spiro atoms. The minimum Gasteiger partial charge on any atom is -0.453 e. The first-order valence-electron chi connectivity index (χ1n) is 15.4. The van der Waals surface area contributed by atoms with Gasteiger partial charge in [-0.2, -0.15) is 0 Å². The van der Waals surface area contributed by atoms with Gasteiger partial charge < -0.3 is 13.9 Å². The van der Waals surface area contributed by atoms with Gasteiger partial charge in [-0.1, -0.05) is 103 Å². The van der Waals surface area contributed by atoms with E-state index in [1.807, 2.05) is 12.1 Å². The lowest BCUT2D eigenvalue weighted by molar-refractivity contribution is 0.476. The zero-order valence-electron chi connectivity index (χ0n) is 24.3. The summed E-state index contributed by atoms with van der Waals surface area (Å²) in [4.78, 5) is 0. The van der Waals surface area contributed by atoms with Crippen LogP contribution in [0.1, 0.15) is 0 Å². The number of ether oxygens (including phenoxy) is 1. The summed E-state index contributed by atoms with van der Waals surface area (Å²) in [6.07, 6.45) is 0. The number of para-hydroxylation sites is 5. The van der Waals surface area contributed by atoms with Crippen molar-refractivity contribution < 1.29 is 4.74 Å². The highest BCUT2D eigenvalue weighted by Crippen LogP contribution is 2.46. The summed E-state index contributed by atoms with van der Waals surface area (Å²) >= 11 is 0. The van der Waals surface area contributed by atoms with E-state index in [2.05, 4.69) is 155 Å². The van der Waals surface area contributed by atoms with Crippen LogP contribution in [0.3, 0.4) is 0 Å². The van der Waals surface area contributed by atoms with E-state index in [0.29, 0.717) is 0 Å². The molecule has 0 radical (unpaired) electrons. The number of hydrogen-bond donors (Lipinski definition) is 0. The standard InChI is InChI=1S/C42H26N2O/c1-3-17-36-32(14-1)33-15-2-4-18-37(33)43(36)31-13-8-12-29(25-31)27-10-7-11-28(24-27)30-22-23-34-35-16-9-21-41-42(35)44(39(34)26-30)38-19-5-6-20-40(38)45-41/h1-26H. The van der Waals surface area contributed by atoms with Crippen molar-refractivity contribution in [3.05, 3.63) is 158 Å². The van der Waals surface area contributed by atoms with E-state index in [0.717, 1.165) is 28.4 Å². The molecule has 3 nitrogen and oxygen atoms in total. The fraction of sp³-hybridized carbons (Fsp3) is 0. The second-order valence-corrected chi connectivity index (χ2v) is 11.8. The fourth-order valence-corrected chi connectivity index (χ4v) is 7.30. The topological polar surface area (TPSA) is 19.1 Å². The second-order valence-electron chi connectivity index (χ2n) is 11.8. The van der Waals surface area contributed by atoms with Gasteiger partial charge in [-0.15, -0.1) is 0 Å². The number of rotatable bonds is 3. The van der Waals surface area contributed by atoms with Crippen molar-refractivity contribution in [2.75, 3.05) is 0 Å². The van der Waals surface area contributed by atoms with Crippen LogP contribution in [0.5, 0.6) is 11.5 Å². The highest BCUT2D eigenvalue weighted by Gasteiger charge is 2.23. The van der Waals surface area contributed by atoms with Crippen LogP contribution in [0.2, 0.25) is 0 Å². The normalized spacial score (nSPS) is 12.2. The molecule has 45 heavy (non-hydrogen) atoms. The molecule has 3 heterocycles. The minimum atomic E-state index is 0.880. The van der Waals surface area contributed by atoms with Crippen molar-refractivity contribution in [1.29, 1.82) is 0 Å². The van der Waals surface area contributed by atoms with Gasteiger partial charge in [0.15, 0.2) is 11.5 Å². The predicted octanol–water partition coefficient (Wildman–Crippen LogP) is 11.3. The summed E-state index contributed by atoms with van der Waals surface area (Å²) in [6, 6.07) is 56.6. The van der Waals surface area contributed by atoms with E-state index < -0.39 is 0 Å². The first-order valence-corrected chi connectivity index (χ1v) is 15.4. The van der Waals surface area contributed by atoms with Gasteiger partial charge in [-0.25, -0.2) is 0 Å². The van der Waals surface area contributed by atoms with Crippen LogP contribution in [0, 0.1) is 0 Å². The molecule has 2 aromatic heterocycles. The molecule has 1 aliphatic heterocycles. The lowest BCUT2D eigenvalue weighted by Crippen LogP contribution is -2.03. The molecule has 10 rings (SSSR count). The summed E-state index contributed by atoms with van der Waals surface area (Å²) in [6.45, 7) is 0. The maximum Gasteiger partial charge on any atom is 0.152 e. The maximum atomic E-state index is 6.32. The number of fused-ring (bicyclic) bond motifs is 8. The summed E-state index contributed by atoms with van der Waals surface area (Å²) in [5, 5.41) is 4.98. The maximum absolute atomic E-state index is 6.32. The van der Waals surface area contributed by atoms with Crippen LogP contribution in [0.4, 0.5) is 0 Å². The van der Waals surface area contributed by atoms with E-state index in [1.165, 1.54) is 60.3 Å². The van der Waals surface area contributed by atoms with Gasteiger partial charge in [0.1, 0.15) is 0 Å². The molecule has 0 aliphatic carbocycles. The Balaban J connectivity index is 1.12. The number of benzene rings is 7. The molecule has 3 heteroatoms. The van der Waals surface area contributed by atoms with E-state index in [4.69, 9.17) is 4.74 Å². The zero-order chi connectivity index (χ0) is 29.5. The number of hydrogen-bond acceptors (Lipinski definition) is 1. The van der Waals surface area contributed by atoms with Crippen LogP contribution >= 0.6 is 0 Å². The van der Waals surface area contributed by atoms with Crippen molar-refractivity contribution >= 4 is 43.6 Å². The molecule has 9 aromatic rings. The van der Waals surface area contributed by atoms with E-state index in [-0.39, 0.29) is 0 Å². The monoisotopic (exact) mass is 574 g/mol. The average molecular weight is 575 g/mol. The van der Waals surface area contributed by atoms with Gasteiger partial charge in [0.2, 0.25) is 0 Å². The van der Waals surface area contributed by atoms with Gasteiger partial charge >= 0.3 is 0 Å². The molecule has 210 valence electrons. The number of nitrogens with zero attached hydrogens (tertiary/aromatic N) is 2. The highest BCUT2D eigenvalue weighted by atomic mass is 16.5. The first kappa shape index (κ1) is 24.4. The van der Waals surface area contributed by atoms with Crippen molar-refractivity contribution in [3.8, 4) is 45.1 Å². The molecule has 0 N–H and O–H groups in total. The first-order chi connectivity index (χ1) is 22.3. The summed E-state index contributed by atoms with van der Waals surface area (Å²) < 4.78 is 11.1. The Morgan fingerprint density at radius 2 is 0.933 bits per heavy atom. The molecular formula is C42H26N2O. The SMILES string of the molecule is c1cc(-c2cccc(-n3c4ccccc4c4ccccc43)c2)cc(-c2ccc3c4cccc5c4n(c3c2)-c2ccccc2O5)c1. The average Bonchev–Trinajstić information content (AvgIpc) is 3.62. The molecule has 0 amide bonds. The molecule has 0 atom stereocenters. The lowest BCUT2D eigenvalue weighted by atomic mass is 9.98. The minimum absolute atomic E-state index is 0.880. The quantitative estimate of drug-likeness (QED) is 0.205. The Hall–Kier alpha value is -6.06. The van der Waals surface area contributed by atoms with E-state index in [1.54, 1.807) is 0 Å². The van der Waals surface area contributed by atoms with Crippen molar-refractivity contribution in [1.82, 2.24) is 9.13 Å². The third-order valence-corrected chi connectivity index (χ3v) is 9.29. The van der Waals surface area contributed by atoms with Crippen LogP contribution in [0.15, 0.2) is 158 Å². The van der Waals surface area contributed by atoms with Crippen LogP contribution in [-0.4, -0.2) is 9.13 Å². The zero-order valence-corrected chi connectivity index (χ0v) is 24.3. The Bertz CT molecular complexity index is 2580. The Morgan fingerprint density at radius 1 is 0.356 bits per heavy atom. The largest absolute Gasteiger partial charge is 0.453 e.